The molecule has 0 amide bonds. The first kappa shape index (κ1) is 21.1. The van der Waals surface area contributed by atoms with Gasteiger partial charge >= 0.3 is 0 Å². The largest absolute Gasteiger partial charge is 0.278 e. The lowest BCUT2D eigenvalue weighted by Crippen LogP contribution is -2.06. The highest BCUT2D eigenvalue weighted by molar-refractivity contribution is 5.83. The minimum Gasteiger partial charge on any atom is -0.278 e. The summed E-state index contributed by atoms with van der Waals surface area (Å²) in [7, 11) is 0. The Balaban J connectivity index is 1.93. The number of nitrogens with one attached hydrogen (secondary N) is 1. The van der Waals surface area contributed by atoms with Crippen LogP contribution in [0.2, 0.25) is 0 Å². The maximum Gasteiger partial charge on any atom is 0.0630 e. The fourth-order valence-corrected chi connectivity index (χ4v) is 4.32. The van der Waals surface area contributed by atoms with Crippen molar-refractivity contribution in [2.24, 2.45) is 5.10 Å². The Morgan fingerprint density at radius 1 is 0.862 bits per heavy atom. The summed E-state index contributed by atoms with van der Waals surface area (Å²) < 4.78 is 0. The summed E-state index contributed by atoms with van der Waals surface area (Å²) >= 11 is 0. The normalized spacial score (nSPS) is 17.0. The van der Waals surface area contributed by atoms with Gasteiger partial charge in [-0.1, -0.05) is 93.0 Å². The molecule has 1 atom stereocenters. The molecule has 0 spiro atoms. The second kappa shape index (κ2) is 8.82. The van der Waals surface area contributed by atoms with Crippen LogP contribution >= 0.6 is 0 Å². The van der Waals surface area contributed by atoms with Gasteiger partial charge in [-0.2, -0.15) is 5.10 Å². The van der Waals surface area contributed by atoms with Crippen LogP contribution in [0.25, 0.3) is 0 Å². The molecule has 0 saturated heterocycles. The highest BCUT2D eigenvalue weighted by Gasteiger charge is 2.23. The van der Waals surface area contributed by atoms with E-state index in [9.17, 15) is 0 Å². The summed E-state index contributed by atoms with van der Waals surface area (Å²) in [6, 6.07) is 15.2. The van der Waals surface area contributed by atoms with Crippen LogP contribution in [0.3, 0.4) is 0 Å². The predicted molar refractivity (Wildman–Crippen MR) is 127 cm³/mol. The van der Waals surface area contributed by atoms with Crippen molar-refractivity contribution in [2.75, 3.05) is 5.43 Å². The number of benzene rings is 2. The molecular formula is C27H34N2. The Kier molecular flexibility index (Phi) is 6.42. The predicted octanol–water partition coefficient (Wildman–Crippen LogP) is 7.76. The third-order valence-corrected chi connectivity index (χ3v) is 6.01. The van der Waals surface area contributed by atoms with E-state index in [0.717, 1.165) is 5.69 Å². The van der Waals surface area contributed by atoms with E-state index in [4.69, 9.17) is 0 Å². The van der Waals surface area contributed by atoms with Crippen molar-refractivity contribution in [3.05, 3.63) is 87.5 Å². The van der Waals surface area contributed by atoms with Gasteiger partial charge < -0.3 is 0 Å². The molecule has 3 rings (SSSR count). The summed E-state index contributed by atoms with van der Waals surface area (Å²) in [4.78, 5) is 0. The van der Waals surface area contributed by atoms with Gasteiger partial charge in [0, 0.05) is 5.92 Å². The Morgan fingerprint density at radius 2 is 1.48 bits per heavy atom. The van der Waals surface area contributed by atoms with Gasteiger partial charge in [0.1, 0.15) is 0 Å². The first-order chi connectivity index (χ1) is 13.8. The Hall–Kier alpha value is -2.61. The molecule has 1 aliphatic carbocycles. The van der Waals surface area contributed by atoms with Crippen molar-refractivity contribution in [1.82, 2.24) is 0 Å². The second-order valence-electron chi connectivity index (χ2n) is 8.81. The van der Waals surface area contributed by atoms with E-state index in [1.54, 1.807) is 0 Å². The molecule has 152 valence electrons. The molecule has 2 aromatic carbocycles. The molecule has 0 aromatic heterocycles. The van der Waals surface area contributed by atoms with Crippen LogP contribution in [0.5, 0.6) is 0 Å². The zero-order valence-corrected chi connectivity index (χ0v) is 18.9. The number of allylic oxidation sites excluding steroid dienone is 4. The summed E-state index contributed by atoms with van der Waals surface area (Å²) in [5.41, 5.74) is 13.9. The summed E-state index contributed by atoms with van der Waals surface area (Å²) in [6.07, 6.45) is 4.28. The first-order valence-electron chi connectivity index (χ1n) is 10.7. The van der Waals surface area contributed by atoms with Gasteiger partial charge in [-0.05, 0) is 54.9 Å². The van der Waals surface area contributed by atoms with Crippen LogP contribution in [-0.2, 0) is 0 Å². The lowest BCUT2D eigenvalue weighted by molar-refractivity contribution is 0.835. The van der Waals surface area contributed by atoms with Crippen LogP contribution in [0.15, 0.2) is 70.4 Å². The highest BCUT2D eigenvalue weighted by atomic mass is 15.3. The average Bonchev–Trinajstić information content (AvgIpc) is 2.93. The van der Waals surface area contributed by atoms with E-state index < -0.39 is 0 Å². The van der Waals surface area contributed by atoms with Crippen LogP contribution < -0.4 is 5.43 Å². The third-order valence-electron chi connectivity index (χ3n) is 6.01. The summed E-state index contributed by atoms with van der Waals surface area (Å²) in [6.45, 7) is 15.6. The van der Waals surface area contributed by atoms with Gasteiger partial charge in [0.2, 0.25) is 0 Å². The number of rotatable bonds is 6. The zero-order chi connectivity index (χ0) is 21.1. The minimum atomic E-state index is 0.354. The molecule has 1 N–H and O–H groups in total. The highest BCUT2D eigenvalue weighted by Crippen LogP contribution is 2.40. The molecule has 0 fully saturated rings. The van der Waals surface area contributed by atoms with Crippen LogP contribution in [-0.4, -0.2) is 6.21 Å². The van der Waals surface area contributed by atoms with E-state index in [1.807, 2.05) is 6.21 Å². The third kappa shape index (κ3) is 4.37. The summed E-state index contributed by atoms with van der Waals surface area (Å²) in [5, 5.41) is 4.69. The monoisotopic (exact) mass is 386 g/mol. The van der Waals surface area contributed by atoms with Crippen LogP contribution in [0.1, 0.15) is 88.5 Å². The molecule has 0 heterocycles. The molecule has 0 bridgehead atoms. The smallest absolute Gasteiger partial charge is 0.0630 e. The lowest BCUT2D eigenvalue weighted by Gasteiger charge is -2.19. The second-order valence-corrected chi connectivity index (χ2v) is 8.81. The molecule has 29 heavy (non-hydrogen) atoms. The number of anilines is 1. The Labute approximate surface area is 176 Å². The van der Waals surface area contributed by atoms with E-state index in [2.05, 4.69) is 108 Å². The molecule has 2 heteroatoms. The number of nitrogens with zero attached hydrogens (tertiary/aromatic N) is 1. The van der Waals surface area contributed by atoms with Gasteiger partial charge in [0.05, 0.1) is 11.9 Å². The zero-order valence-electron chi connectivity index (χ0n) is 18.9. The number of hydrogen-bond donors (Lipinski definition) is 1. The lowest BCUT2D eigenvalue weighted by atomic mass is 9.86. The molecule has 0 saturated carbocycles. The molecule has 0 radical (unpaired) electrons. The molecular weight excluding hydrogens is 352 g/mol. The van der Waals surface area contributed by atoms with E-state index in [0.29, 0.717) is 17.8 Å². The van der Waals surface area contributed by atoms with Crippen molar-refractivity contribution in [1.29, 1.82) is 0 Å². The topological polar surface area (TPSA) is 24.4 Å². The van der Waals surface area contributed by atoms with Gasteiger partial charge in [-0.25, -0.2) is 0 Å². The first-order valence-corrected chi connectivity index (χ1v) is 10.7. The van der Waals surface area contributed by atoms with Crippen molar-refractivity contribution in [3.63, 3.8) is 0 Å². The van der Waals surface area contributed by atoms with E-state index in [1.165, 1.54) is 39.0 Å². The molecule has 1 aliphatic rings. The van der Waals surface area contributed by atoms with Gasteiger partial charge in [0.15, 0.2) is 0 Å². The maximum atomic E-state index is 4.69. The SMILES string of the molecule is CC1=CC(C)=C(C)C1c1ccccc1C=NNc1c(C(C)C)cccc1C(C)C. The molecule has 1 unspecified atom stereocenters. The number of hydrazone groups is 1. The minimum absolute atomic E-state index is 0.354. The molecule has 2 nitrogen and oxygen atoms in total. The van der Waals surface area contributed by atoms with Crippen molar-refractivity contribution < 1.29 is 0 Å². The molecule has 0 aliphatic heterocycles. The van der Waals surface area contributed by atoms with Gasteiger partial charge in [-0.15, -0.1) is 0 Å². The Morgan fingerprint density at radius 3 is 2.03 bits per heavy atom. The fraction of sp³-hybridized carbons (Fsp3) is 0.370. The van der Waals surface area contributed by atoms with Crippen molar-refractivity contribution in [3.8, 4) is 0 Å². The summed E-state index contributed by atoms with van der Waals surface area (Å²) in [5.74, 6) is 1.24. The number of hydrogen-bond acceptors (Lipinski definition) is 2. The van der Waals surface area contributed by atoms with Crippen molar-refractivity contribution in [2.45, 2.75) is 66.2 Å². The van der Waals surface area contributed by atoms with Crippen LogP contribution in [0.4, 0.5) is 5.69 Å². The maximum absolute atomic E-state index is 4.69. The quantitative estimate of drug-likeness (QED) is 0.398. The Bertz CT molecular complexity index is 948. The average molecular weight is 387 g/mol. The van der Waals surface area contributed by atoms with Gasteiger partial charge in [0.25, 0.3) is 0 Å². The number of para-hydroxylation sites is 1. The van der Waals surface area contributed by atoms with Gasteiger partial charge in [-0.3, -0.25) is 5.43 Å². The molecule has 2 aromatic rings. The fourth-order valence-electron chi connectivity index (χ4n) is 4.32. The standard InChI is InChI=1S/C27H34N2/c1-17(2)23-13-10-14-24(18(3)4)27(23)29-28-16-22-11-8-9-12-25(22)26-20(6)15-19(5)21(26)7/h8-18,26,29H,1-7H3. The van der Waals surface area contributed by atoms with E-state index in [-0.39, 0.29) is 0 Å². The van der Waals surface area contributed by atoms with Crippen LogP contribution in [0, 0.1) is 0 Å². The van der Waals surface area contributed by atoms with E-state index >= 15 is 0 Å². The van der Waals surface area contributed by atoms with Crippen molar-refractivity contribution >= 4 is 11.9 Å².